The SMILES string of the molecule is NC1CCCCCC1C(=O)c1ccccc1F. The van der Waals surface area contributed by atoms with Crippen LogP contribution in [-0.2, 0) is 0 Å². The molecular formula is C14H18FNO. The van der Waals surface area contributed by atoms with Crippen LogP contribution < -0.4 is 5.73 Å². The van der Waals surface area contributed by atoms with Gasteiger partial charge in [-0.1, -0.05) is 31.4 Å². The van der Waals surface area contributed by atoms with E-state index >= 15 is 0 Å². The number of nitrogens with two attached hydrogens (primary N) is 1. The summed E-state index contributed by atoms with van der Waals surface area (Å²) in [6, 6.07) is 6.05. The first-order valence-electron chi connectivity index (χ1n) is 6.24. The predicted molar refractivity (Wildman–Crippen MR) is 65.3 cm³/mol. The molecule has 1 saturated carbocycles. The van der Waals surface area contributed by atoms with E-state index < -0.39 is 5.82 Å². The van der Waals surface area contributed by atoms with Crippen molar-refractivity contribution in [3.63, 3.8) is 0 Å². The first kappa shape index (κ1) is 12.2. The molecule has 2 unspecified atom stereocenters. The lowest BCUT2D eigenvalue weighted by Crippen LogP contribution is -2.35. The van der Waals surface area contributed by atoms with Crippen LogP contribution in [0.5, 0.6) is 0 Å². The molecule has 0 heterocycles. The number of benzene rings is 1. The molecule has 2 atom stereocenters. The van der Waals surface area contributed by atoms with E-state index in [1.165, 1.54) is 6.07 Å². The highest BCUT2D eigenvalue weighted by Crippen LogP contribution is 2.26. The highest BCUT2D eigenvalue weighted by Gasteiger charge is 2.28. The van der Waals surface area contributed by atoms with Gasteiger partial charge in [0, 0.05) is 12.0 Å². The van der Waals surface area contributed by atoms with Gasteiger partial charge >= 0.3 is 0 Å². The van der Waals surface area contributed by atoms with Gasteiger partial charge in [0.1, 0.15) is 5.82 Å². The smallest absolute Gasteiger partial charge is 0.170 e. The summed E-state index contributed by atoms with van der Waals surface area (Å²) in [6.45, 7) is 0. The average Bonchev–Trinajstić information content (AvgIpc) is 2.54. The first-order chi connectivity index (χ1) is 8.20. The van der Waals surface area contributed by atoms with E-state index in [4.69, 9.17) is 5.73 Å². The summed E-state index contributed by atoms with van der Waals surface area (Å²) < 4.78 is 13.6. The zero-order chi connectivity index (χ0) is 12.3. The van der Waals surface area contributed by atoms with E-state index in [1.54, 1.807) is 18.2 Å². The third-order valence-electron chi connectivity index (χ3n) is 3.55. The van der Waals surface area contributed by atoms with Crippen molar-refractivity contribution in [1.82, 2.24) is 0 Å². The molecule has 2 nitrogen and oxygen atoms in total. The molecule has 2 rings (SSSR count). The Bertz CT molecular complexity index is 405. The monoisotopic (exact) mass is 235 g/mol. The molecule has 0 radical (unpaired) electrons. The second-order valence-electron chi connectivity index (χ2n) is 4.75. The van der Waals surface area contributed by atoms with Gasteiger partial charge in [-0.2, -0.15) is 0 Å². The predicted octanol–water partition coefficient (Wildman–Crippen LogP) is 2.92. The molecule has 2 N–H and O–H groups in total. The molecule has 92 valence electrons. The number of ketones is 1. The Morgan fingerprint density at radius 1 is 1.18 bits per heavy atom. The molecule has 0 saturated heterocycles. The number of carbonyl (C=O) groups is 1. The maximum atomic E-state index is 13.6. The normalized spacial score (nSPS) is 25.3. The molecule has 1 aliphatic carbocycles. The van der Waals surface area contributed by atoms with Crippen LogP contribution in [0.1, 0.15) is 42.5 Å². The Morgan fingerprint density at radius 3 is 2.65 bits per heavy atom. The minimum absolute atomic E-state index is 0.121. The fourth-order valence-electron chi connectivity index (χ4n) is 2.52. The Hall–Kier alpha value is -1.22. The summed E-state index contributed by atoms with van der Waals surface area (Å²) in [7, 11) is 0. The van der Waals surface area contributed by atoms with Crippen LogP contribution in [0.3, 0.4) is 0 Å². The van der Waals surface area contributed by atoms with E-state index in [9.17, 15) is 9.18 Å². The highest BCUT2D eigenvalue weighted by molar-refractivity contribution is 5.98. The first-order valence-corrected chi connectivity index (χ1v) is 6.24. The minimum atomic E-state index is -0.436. The number of hydrogen-bond donors (Lipinski definition) is 1. The van der Waals surface area contributed by atoms with Gasteiger partial charge in [0.2, 0.25) is 0 Å². The van der Waals surface area contributed by atoms with Crippen LogP contribution in [0.4, 0.5) is 4.39 Å². The lowest BCUT2D eigenvalue weighted by Gasteiger charge is -2.20. The van der Waals surface area contributed by atoms with Gasteiger partial charge < -0.3 is 5.73 Å². The Kier molecular flexibility index (Phi) is 3.89. The maximum Gasteiger partial charge on any atom is 0.170 e. The molecule has 1 fully saturated rings. The Labute approximate surface area is 101 Å². The van der Waals surface area contributed by atoms with Gasteiger partial charge in [-0.05, 0) is 25.0 Å². The van der Waals surface area contributed by atoms with Crippen molar-refractivity contribution in [2.45, 2.75) is 38.1 Å². The van der Waals surface area contributed by atoms with Crippen LogP contribution in [0.2, 0.25) is 0 Å². The molecule has 0 aromatic heterocycles. The fraction of sp³-hybridized carbons (Fsp3) is 0.500. The third kappa shape index (κ3) is 2.72. The van der Waals surface area contributed by atoms with Crippen LogP contribution in [0.25, 0.3) is 0 Å². The van der Waals surface area contributed by atoms with Crippen LogP contribution in [0.15, 0.2) is 24.3 Å². The largest absolute Gasteiger partial charge is 0.327 e. The number of rotatable bonds is 2. The Morgan fingerprint density at radius 2 is 1.88 bits per heavy atom. The van der Waals surface area contributed by atoms with Gasteiger partial charge in [-0.3, -0.25) is 4.79 Å². The lowest BCUT2D eigenvalue weighted by atomic mass is 9.87. The topological polar surface area (TPSA) is 43.1 Å². The van der Waals surface area contributed by atoms with E-state index in [0.29, 0.717) is 0 Å². The summed E-state index contributed by atoms with van der Waals surface area (Å²) in [6.07, 6.45) is 4.86. The van der Waals surface area contributed by atoms with Gasteiger partial charge in [0.15, 0.2) is 5.78 Å². The molecule has 0 aliphatic heterocycles. The van der Waals surface area contributed by atoms with Gasteiger partial charge in [0.25, 0.3) is 0 Å². The summed E-state index contributed by atoms with van der Waals surface area (Å²) >= 11 is 0. The van der Waals surface area contributed by atoms with E-state index in [2.05, 4.69) is 0 Å². The van der Waals surface area contributed by atoms with Crippen LogP contribution in [-0.4, -0.2) is 11.8 Å². The van der Waals surface area contributed by atoms with Crippen molar-refractivity contribution < 1.29 is 9.18 Å². The van der Waals surface area contributed by atoms with Crippen molar-refractivity contribution in [3.8, 4) is 0 Å². The molecule has 1 aromatic rings. The summed E-state index contributed by atoms with van der Waals surface area (Å²) in [4.78, 5) is 12.3. The molecule has 1 aliphatic rings. The fourth-order valence-corrected chi connectivity index (χ4v) is 2.52. The van der Waals surface area contributed by atoms with E-state index in [0.717, 1.165) is 32.1 Å². The van der Waals surface area contributed by atoms with Crippen molar-refractivity contribution in [2.24, 2.45) is 11.7 Å². The molecule has 3 heteroatoms. The van der Waals surface area contributed by atoms with Gasteiger partial charge in [0.05, 0.1) is 5.56 Å². The highest BCUT2D eigenvalue weighted by atomic mass is 19.1. The van der Waals surface area contributed by atoms with Crippen molar-refractivity contribution in [1.29, 1.82) is 0 Å². The number of carbonyl (C=O) groups excluding carboxylic acids is 1. The molecule has 17 heavy (non-hydrogen) atoms. The lowest BCUT2D eigenvalue weighted by molar-refractivity contribution is 0.0890. The Balaban J connectivity index is 2.21. The zero-order valence-corrected chi connectivity index (χ0v) is 9.86. The molecule has 0 bridgehead atoms. The van der Waals surface area contributed by atoms with Crippen molar-refractivity contribution >= 4 is 5.78 Å². The quantitative estimate of drug-likeness (QED) is 0.632. The summed E-state index contributed by atoms with van der Waals surface area (Å²) in [5.41, 5.74) is 6.21. The van der Waals surface area contributed by atoms with Crippen molar-refractivity contribution in [3.05, 3.63) is 35.6 Å². The number of Topliss-reactive ketones (excluding diaryl/α,β-unsaturated/α-hetero) is 1. The molecule has 0 spiro atoms. The second-order valence-corrected chi connectivity index (χ2v) is 4.75. The van der Waals surface area contributed by atoms with Gasteiger partial charge in [-0.25, -0.2) is 4.39 Å². The van der Waals surface area contributed by atoms with Gasteiger partial charge in [-0.15, -0.1) is 0 Å². The second kappa shape index (κ2) is 5.41. The van der Waals surface area contributed by atoms with Crippen LogP contribution >= 0.6 is 0 Å². The third-order valence-corrected chi connectivity index (χ3v) is 3.55. The maximum absolute atomic E-state index is 13.6. The minimum Gasteiger partial charge on any atom is -0.327 e. The average molecular weight is 235 g/mol. The summed E-state index contributed by atoms with van der Waals surface area (Å²) in [5, 5.41) is 0. The van der Waals surface area contributed by atoms with E-state index in [-0.39, 0.29) is 23.3 Å². The zero-order valence-electron chi connectivity index (χ0n) is 9.86. The standard InChI is InChI=1S/C14H18FNO/c15-12-8-5-4-6-10(12)14(17)11-7-2-1-3-9-13(11)16/h4-6,8,11,13H,1-3,7,9,16H2. The van der Waals surface area contributed by atoms with Crippen molar-refractivity contribution in [2.75, 3.05) is 0 Å². The molecule has 0 amide bonds. The number of halogens is 1. The van der Waals surface area contributed by atoms with E-state index in [1.807, 2.05) is 0 Å². The summed E-state index contributed by atoms with van der Waals surface area (Å²) in [5.74, 6) is -0.777. The molecular weight excluding hydrogens is 217 g/mol. The van der Waals surface area contributed by atoms with Crippen LogP contribution in [0, 0.1) is 11.7 Å². The molecule has 1 aromatic carbocycles. The number of hydrogen-bond acceptors (Lipinski definition) is 2.